The Morgan fingerprint density at radius 2 is 1.45 bits per heavy atom. The minimum atomic E-state index is 0.590. The molecule has 0 bridgehead atoms. The van der Waals surface area contributed by atoms with Crippen LogP contribution >= 0.6 is 11.3 Å². The van der Waals surface area contributed by atoms with E-state index in [1.165, 1.54) is 20.2 Å². The molecule has 0 aliphatic rings. The molecule has 22 heavy (non-hydrogen) atoms. The molecule has 0 radical (unpaired) electrons. The molecule has 2 nitrogen and oxygen atoms in total. The van der Waals surface area contributed by atoms with Crippen molar-refractivity contribution >= 4 is 43.9 Å². The molecule has 4 aromatic rings. The maximum atomic E-state index is 11.8. The zero-order valence-electron chi connectivity index (χ0n) is 11.8. The second-order valence-electron chi connectivity index (χ2n) is 5.18. The van der Waals surface area contributed by atoms with Gasteiger partial charge in [0.05, 0.1) is 5.56 Å². The van der Waals surface area contributed by atoms with Gasteiger partial charge in [-0.3, -0.25) is 0 Å². The monoisotopic (exact) mass is 303 g/mol. The fraction of sp³-hybridized carbons (Fsp3) is 0. The van der Waals surface area contributed by atoms with Crippen LogP contribution in [-0.2, 0) is 0 Å². The molecule has 0 N–H and O–H groups in total. The van der Waals surface area contributed by atoms with E-state index in [1.807, 2.05) is 30.3 Å². The van der Waals surface area contributed by atoms with Gasteiger partial charge in [-0.1, -0.05) is 48.5 Å². The van der Waals surface area contributed by atoms with Gasteiger partial charge in [0.15, 0.2) is 0 Å². The average Bonchev–Trinajstić information content (AvgIpc) is 2.93. The lowest BCUT2D eigenvalue weighted by Gasteiger charge is -2.08. The molecule has 0 atom stereocenters. The van der Waals surface area contributed by atoms with Gasteiger partial charge in [0, 0.05) is 31.8 Å². The van der Waals surface area contributed by atoms with Crippen LogP contribution < -0.4 is 0 Å². The molecule has 3 aromatic carbocycles. The Morgan fingerprint density at radius 3 is 2.32 bits per heavy atom. The van der Waals surface area contributed by atoms with Gasteiger partial charge >= 0.3 is 0 Å². The Hall–Kier alpha value is -2.65. The molecule has 0 spiro atoms. The van der Waals surface area contributed by atoms with Crippen LogP contribution in [0.5, 0.6) is 0 Å². The molecule has 0 saturated carbocycles. The van der Waals surface area contributed by atoms with E-state index in [4.69, 9.17) is 0 Å². The van der Waals surface area contributed by atoms with Crippen molar-refractivity contribution in [2.24, 2.45) is 0 Å². The van der Waals surface area contributed by atoms with Gasteiger partial charge in [0.25, 0.3) is 0 Å². The molecule has 106 valence electrons. The topological polar surface area (TPSA) is 26.1 Å². The van der Waals surface area contributed by atoms with E-state index in [0.717, 1.165) is 11.1 Å². The minimum Gasteiger partial charge on any atom is -0.619 e. The first kappa shape index (κ1) is 13.0. The van der Waals surface area contributed by atoms with E-state index < -0.39 is 0 Å². The van der Waals surface area contributed by atoms with Crippen molar-refractivity contribution < 1.29 is 4.74 Å². The number of rotatable bonds is 2. The van der Waals surface area contributed by atoms with Crippen molar-refractivity contribution in [2.45, 2.75) is 0 Å². The summed E-state index contributed by atoms with van der Waals surface area (Å²) >= 11 is 1.76. The maximum Gasteiger partial charge on any atom is 0.223 e. The molecule has 1 aromatic heterocycles. The third kappa shape index (κ3) is 1.90. The van der Waals surface area contributed by atoms with E-state index >= 15 is 0 Å². The molecular weight excluding hydrogens is 290 g/mol. The molecule has 0 aliphatic carbocycles. The molecule has 3 heteroatoms. The Kier molecular flexibility index (Phi) is 2.94. The van der Waals surface area contributed by atoms with E-state index in [1.54, 1.807) is 11.3 Å². The van der Waals surface area contributed by atoms with E-state index in [2.05, 4.69) is 43.1 Å². The number of nitrogens with zero attached hydrogens (tertiary/aromatic N) is 1. The number of hydrogen-bond acceptors (Lipinski definition) is 2. The summed E-state index contributed by atoms with van der Waals surface area (Å²) in [6, 6.07) is 22.2. The largest absolute Gasteiger partial charge is 0.619 e. The average molecular weight is 303 g/mol. The van der Waals surface area contributed by atoms with Crippen molar-refractivity contribution in [2.75, 3.05) is 0 Å². The smallest absolute Gasteiger partial charge is 0.223 e. The summed E-state index contributed by atoms with van der Waals surface area (Å²) in [5.74, 6) is 0. The Morgan fingerprint density at radius 1 is 0.773 bits per heavy atom. The third-order valence-corrected chi connectivity index (χ3v) is 5.09. The van der Waals surface area contributed by atoms with E-state index in [0.29, 0.717) is 10.4 Å². The number of benzene rings is 3. The molecule has 0 aliphatic heterocycles. The van der Waals surface area contributed by atoms with Crippen molar-refractivity contribution in [1.29, 1.82) is 0 Å². The van der Waals surface area contributed by atoms with Crippen LogP contribution in [0.4, 0.5) is 5.69 Å². The number of thiophene rings is 1. The number of fused-ring (bicyclic) bond motifs is 3. The summed E-state index contributed by atoms with van der Waals surface area (Å²) < 4.78 is 3.15. The van der Waals surface area contributed by atoms with Crippen molar-refractivity contribution in [3.8, 4) is 11.1 Å². The summed E-state index contributed by atoms with van der Waals surface area (Å²) in [5, 5.41) is 14.2. The van der Waals surface area contributed by atoms with Crippen molar-refractivity contribution in [3.63, 3.8) is 0 Å². The van der Waals surface area contributed by atoms with Gasteiger partial charge in [0.2, 0.25) is 5.69 Å². The molecule has 0 fully saturated rings. The van der Waals surface area contributed by atoms with Crippen molar-refractivity contribution in [1.82, 2.24) is 0 Å². The lowest BCUT2D eigenvalue weighted by molar-refractivity contribution is -0.349. The van der Waals surface area contributed by atoms with Gasteiger partial charge < -0.3 is 5.21 Å². The second-order valence-corrected chi connectivity index (χ2v) is 6.23. The third-order valence-electron chi connectivity index (χ3n) is 3.87. The van der Waals surface area contributed by atoms with Crippen LogP contribution in [-0.4, -0.2) is 11.5 Å². The molecule has 1 heterocycles. The minimum absolute atomic E-state index is 0.590. The van der Waals surface area contributed by atoms with E-state index in [-0.39, 0.29) is 0 Å². The summed E-state index contributed by atoms with van der Waals surface area (Å²) in [6.45, 7) is 3.50. The highest BCUT2D eigenvalue weighted by Crippen LogP contribution is 2.41. The lowest BCUT2D eigenvalue weighted by Crippen LogP contribution is -1.92. The predicted molar refractivity (Wildman–Crippen MR) is 95.2 cm³/mol. The number of para-hydroxylation sites is 1. The van der Waals surface area contributed by atoms with Crippen LogP contribution in [0.25, 0.3) is 31.3 Å². The normalized spacial score (nSPS) is 11.1. The first-order chi connectivity index (χ1) is 10.8. The molecule has 0 amide bonds. The molecule has 4 rings (SSSR count). The maximum absolute atomic E-state index is 11.8. The fourth-order valence-corrected chi connectivity index (χ4v) is 4.11. The van der Waals surface area contributed by atoms with Gasteiger partial charge in [-0.2, -0.15) is 4.74 Å². The first-order valence-electron chi connectivity index (χ1n) is 7.03. The van der Waals surface area contributed by atoms with Gasteiger partial charge in [-0.25, -0.2) is 0 Å². The highest BCUT2D eigenvalue weighted by molar-refractivity contribution is 7.26. The summed E-state index contributed by atoms with van der Waals surface area (Å²) in [4.78, 5) is 0. The standard InChI is InChI=1S/C19H13NOS/c1-20(21)17-11-4-2-7-13(17)15-9-6-10-16-14-8-3-5-12-18(14)22-19(15)16/h2-12H,1H2. The molecular formula is C19H13NOS. The Labute approximate surface area is 132 Å². The predicted octanol–water partition coefficient (Wildman–Crippen LogP) is 5.56. The molecule has 0 unspecified atom stereocenters. The summed E-state index contributed by atoms with van der Waals surface area (Å²) in [5.41, 5.74) is 2.59. The fourth-order valence-electron chi connectivity index (χ4n) is 2.88. The van der Waals surface area contributed by atoms with Crippen LogP contribution in [0, 0.1) is 5.21 Å². The first-order valence-corrected chi connectivity index (χ1v) is 7.85. The highest BCUT2D eigenvalue weighted by Gasteiger charge is 2.15. The van der Waals surface area contributed by atoms with Crippen LogP contribution in [0.3, 0.4) is 0 Å². The highest BCUT2D eigenvalue weighted by atomic mass is 32.1. The zero-order chi connectivity index (χ0) is 15.1. The summed E-state index contributed by atoms with van der Waals surface area (Å²) in [6.07, 6.45) is 0. The lowest BCUT2D eigenvalue weighted by atomic mass is 10.0. The Bertz CT molecular complexity index is 1020. The quantitative estimate of drug-likeness (QED) is 0.206. The van der Waals surface area contributed by atoms with Gasteiger partial charge in [-0.15, -0.1) is 11.3 Å². The second kappa shape index (κ2) is 4.97. The zero-order valence-corrected chi connectivity index (χ0v) is 12.6. The van der Waals surface area contributed by atoms with Crippen LogP contribution in [0.1, 0.15) is 0 Å². The number of hydrogen-bond donors (Lipinski definition) is 0. The Balaban J connectivity index is 2.10. The van der Waals surface area contributed by atoms with Crippen molar-refractivity contribution in [3.05, 3.63) is 71.9 Å². The van der Waals surface area contributed by atoms with Crippen LogP contribution in [0.15, 0.2) is 66.7 Å². The SMILES string of the molecule is C=[N+]([O-])c1ccccc1-c1cccc2c1sc1ccccc12. The van der Waals surface area contributed by atoms with Gasteiger partial charge in [-0.05, 0) is 12.1 Å². The summed E-state index contributed by atoms with van der Waals surface area (Å²) in [7, 11) is 0. The van der Waals surface area contributed by atoms with Crippen LogP contribution in [0.2, 0.25) is 0 Å². The molecule has 0 saturated heterocycles. The van der Waals surface area contributed by atoms with Gasteiger partial charge in [0.1, 0.15) is 6.72 Å². The van der Waals surface area contributed by atoms with E-state index in [9.17, 15) is 5.21 Å².